The number of aromatic nitrogens is 3. The van der Waals surface area contributed by atoms with Crippen molar-refractivity contribution in [3.63, 3.8) is 0 Å². The smallest absolute Gasteiger partial charge is 0.307 e. The van der Waals surface area contributed by atoms with Crippen molar-refractivity contribution in [2.45, 2.75) is 0 Å². The molecule has 5 nitrogen and oxygen atoms in total. The Balaban J connectivity index is 1.19. The second kappa shape index (κ2) is 10.2. The summed E-state index contributed by atoms with van der Waals surface area (Å²) >= 11 is 0. The Morgan fingerprint density at radius 3 is 2.02 bits per heavy atom. The van der Waals surface area contributed by atoms with E-state index in [2.05, 4.69) is 155 Å². The molecule has 12 rings (SSSR count). The van der Waals surface area contributed by atoms with Crippen molar-refractivity contribution in [2.24, 2.45) is 0 Å². The molecule has 0 aliphatic carbocycles. The third kappa shape index (κ3) is 3.69. The van der Waals surface area contributed by atoms with Crippen LogP contribution in [0.1, 0.15) is 0 Å². The zero-order chi connectivity index (χ0) is 33.9. The lowest BCUT2D eigenvalue weighted by atomic mass is 9.98. The molecular formula is C47H27N3O2. The number of para-hydroxylation sites is 4. The summed E-state index contributed by atoms with van der Waals surface area (Å²) in [5.74, 6) is 0. The third-order valence-corrected chi connectivity index (χ3v) is 10.7. The molecule has 0 saturated heterocycles. The SMILES string of the molecule is c1ccc(-n2c3ccccc3c3ccc4c(c5ccccc5n4-c4nc5cc(-c6ccc7ccccc7c6)c6oc7ccccc7c6c5o4)c32)cc1. The van der Waals surface area contributed by atoms with Crippen molar-refractivity contribution in [2.75, 3.05) is 0 Å². The normalized spacial score (nSPS) is 12.2. The Morgan fingerprint density at radius 1 is 0.442 bits per heavy atom. The van der Waals surface area contributed by atoms with Gasteiger partial charge in [-0.3, -0.25) is 4.57 Å². The fraction of sp³-hybridized carbons (Fsp3) is 0. The van der Waals surface area contributed by atoms with Gasteiger partial charge in [0.05, 0.1) is 27.5 Å². The van der Waals surface area contributed by atoms with Gasteiger partial charge in [-0.25, -0.2) is 0 Å². The van der Waals surface area contributed by atoms with Crippen LogP contribution in [0.4, 0.5) is 0 Å². The molecule has 0 amide bonds. The molecule has 0 aliphatic rings. The van der Waals surface area contributed by atoms with Crippen molar-refractivity contribution < 1.29 is 8.83 Å². The van der Waals surface area contributed by atoms with Gasteiger partial charge in [-0.2, -0.15) is 4.98 Å². The van der Waals surface area contributed by atoms with Crippen LogP contribution in [0.25, 0.3) is 110 Å². The zero-order valence-corrected chi connectivity index (χ0v) is 27.7. The zero-order valence-electron chi connectivity index (χ0n) is 27.7. The van der Waals surface area contributed by atoms with E-state index in [1.54, 1.807) is 0 Å². The van der Waals surface area contributed by atoms with Gasteiger partial charge in [0.2, 0.25) is 0 Å². The lowest BCUT2D eigenvalue weighted by Crippen LogP contribution is -1.95. The molecule has 0 bridgehead atoms. The maximum atomic E-state index is 6.94. The van der Waals surface area contributed by atoms with Gasteiger partial charge < -0.3 is 13.4 Å². The summed E-state index contributed by atoms with van der Waals surface area (Å²) in [6, 6.07) is 58.2. The van der Waals surface area contributed by atoms with Crippen LogP contribution < -0.4 is 0 Å². The van der Waals surface area contributed by atoms with Gasteiger partial charge in [0.1, 0.15) is 16.7 Å². The molecule has 0 saturated carbocycles. The van der Waals surface area contributed by atoms with E-state index in [0.717, 1.165) is 71.6 Å². The first-order chi connectivity index (χ1) is 25.8. The molecule has 4 aromatic heterocycles. The molecule has 4 heterocycles. The summed E-state index contributed by atoms with van der Waals surface area (Å²) in [5.41, 5.74) is 10.7. The van der Waals surface area contributed by atoms with E-state index >= 15 is 0 Å². The first-order valence-electron chi connectivity index (χ1n) is 17.6. The quantitative estimate of drug-likeness (QED) is 0.189. The molecule has 52 heavy (non-hydrogen) atoms. The van der Waals surface area contributed by atoms with Crippen molar-refractivity contribution in [3.8, 4) is 22.8 Å². The average Bonchev–Trinajstić information content (AvgIpc) is 3.96. The van der Waals surface area contributed by atoms with E-state index in [4.69, 9.17) is 13.8 Å². The predicted octanol–water partition coefficient (Wildman–Crippen LogP) is 12.7. The molecule has 0 spiro atoms. The van der Waals surface area contributed by atoms with E-state index < -0.39 is 0 Å². The van der Waals surface area contributed by atoms with E-state index in [-0.39, 0.29) is 0 Å². The van der Waals surface area contributed by atoms with Gasteiger partial charge in [0.25, 0.3) is 0 Å². The maximum absolute atomic E-state index is 6.94. The minimum absolute atomic E-state index is 0.519. The Morgan fingerprint density at radius 2 is 1.15 bits per heavy atom. The number of hydrogen-bond acceptors (Lipinski definition) is 3. The Hall–Kier alpha value is -7.11. The van der Waals surface area contributed by atoms with Gasteiger partial charge in [0.15, 0.2) is 5.58 Å². The topological polar surface area (TPSA) is 49.0 Å². The second-order valence-electron chi connectivity index (χ2n) is 13.5. The van der Waals surface area contributed by atoms with E-state index in [9.17, 15) is 0 Å². The summed E-state index contributed by atoms with van der Waals surface area (Å²) in [5, 5.41) is 9.04. The van der Waals surface area contributed by atoms with Gasteiger partial charge in [-0.05, 0) is 64.9 Å². The lowest BCUT2D eigenvalue weighted by molar-refractivity contribution is 0.577. The second-order valence-corrected chi connectivity index (χ2v) is 13.5. The predicted molar refractivity (Wildman–Crippen MR) is 213 cm³/mol. The highest BCUT2D eigenvalue weighted by molar-refractivity contribution is 6.26. The monoisotopic (exact) mass is 665 g/mol. The van der Waals surface area contributed by atoms with Crippen molar-refractivity contribution in [1.82, 2.24) is 14.1 Å². The molecule has 5 heteroatoms. The molecule has 0 atom stereocenters. The summed E-state index contributed by atoms with van der Waals surface area (Å²) in [6.07, 6.45) is 0. The largest absolute Gasteiger partial charge is 0.455 e. The number of furan rings is 1. The summed E-state index contributed by atoms with van der Waals surface area (Å²) in [6.45, 7) is 0. The van der Waals surface area contributed by atoms with Crippen molar-refractivity contribution >= 4 is 87.4 Å². The molecule has 0 unspecified atom stereocenters. The fourth-order valence-corrected chi connectivity index (χ4v) is 8.49. The fourth-order valence-electron chi connectivity index (χ4n) is 8.49. The van der Waals surface area contributed by atoms with Gasteiger partial charge in [-0.15, -0.1) is 0 Å². The first-order valence-corrected chi connectivity index (χ1v) is 17.6. The maximum Gasteiger partial charge on any atom is 0.307 e. The standard InChI is InChI=1S/C47H27N3O2/c1-2-14-31(15-3-1)49-38-19-9-6-16-32(38)33-24-25-40-42(44(33)49)34-17-7-10-20-39(34)50(40)47-48-37-27-36(30-23-22-28-12-4-5-13-29(28)26-30)45-43(46(37)52-47)35-18-8-11-21-41(35)51-45/h1-27H. The van der Waals surface area contributed by atoms with Crippen LogP contribution in [-0.2, 0) is 0 Å². The number of rotatable bonds is 3. The number of fused-ring (bicyclic) bond motifs is 13. The minimum atomic E-state index is 0.519. The van der Waals surface area contributed by atoms with E-state index in [0.29, 0.717) is 11.6 Å². The highest BCUT2D eigenvalue weighted by Gasteiger charge is 2.25. The Bertz CT molecular complexity index is 3410. The van der Waals surface area contributed by atoms with Crippen molar-refractivity contribution in [1.29, 1.82) is 0 Å². The number of hydrogen-bond donors (Lipinski definition) is 0. The lowest BCUT2D eigenvalue weighted by Gasteiger charge is -2.09. The number of nitrogens with zero attached hydrogens (tertiary/aromatic N) is 3. The molecule has 0 aliphatic heterocycles. The van der Waals surface area contributed by atoms with Crippen LogP contribution in [-0.4, -0.2) is 14.1 Å². The molecule has 0 N–H and O–H groups in total. The Labute approximate surface area is 296 Å². The summed E-state index contributed by atoms with van der Waals surface area (Å²) < 4.78 is 18.2. The highest BCUT2D eigenvalue weighted by atomic mass is 16.4. The molecule has 8 aromatic carbocycles. The molecular weight excluding hydrogens is 639 g/mol. The van der Waals surface area contributed by atoms with Crippen LogP contribution in [0.15, 0.2) is 173 Å². The van der Waals surface area contributed by atoms with E-state index in [1.165, 1.54) is 27.1 Å². The average molecular weight is 666 g/mol. The van der Waals surface area contributed by atoms with Crippen LogP contribution in [0, 0.1) is 0 Å². The molecule has 12 aromatic rings. The highest BCUT2D eigenvalue weighted by Crippen LogP contribution is 2.45. The number of benzene rings is 8. The van der Waals surface area contributed by atoms with Crippen LogP contribution in [0.3, 0.4) is 0 Å². The van der Waals surface area contributed by atoms with Crippen LogP contribution >= 0.6 is 0 Å². The molecule has 242 valence electrons. The van der Waals surface area contributed by atoms with Crippen LogP contribution in [0.2, 0.25) is 0 Å². The summed E-state index contributed by atoms with van der Waals surface area (Å²) in [4.78, 5) is 5.29. The van der Waals surface area contributed by atoms with Crippen molar-refractivity contribution in [3.05, 3.63) is 164 Å². The van der Waals surface area contributed by atoms with Crippen LogP contribution in [0.5, 0.6) is 0 Å². The number of oxazole rings is 1. The van der Waals surface area contributed by atoms with Gasteiger partial charge >= 0.3 is 6.01 Å². The third-order valence-electron chi connectivity index (χ3n) is 10.7. The van der Waals surface area contributed by atoms with Gasteiger partial charge in [0, 0.05) is 38.2 Å². The Kier molecular flexibility index (Phi) is 5.44. The van der Waals surface area contributed by atoms with E-state index in [1.807, 2.05) is 18.2 Å². The summed E-state index contributed by atoms with van der Waals surface area (Å²) in [7, 11) is 0. The molecule has 0 fully saturated rings. The minimum Gasteiger partial charge on any atom is -0.455 e. The first kappa shape index (κ1) is 27.7. The molecule has 0 radical (unpaired) electrons. The van der Waals surface area contributed by atoms with Gasteiger partial charge in [-0.1, -0.05) is 115 Å².